The van der Waals surface area contributed by atoms with Gasteiger partial charge in [0.1, 0.15) is 12.1 Å². The van der Waals surface area contributed by atoms with E-state index in [-0.39, 0.29) is 0 Å². The maximum atomic E-state index is 5.60. The van der Waals surface area contributed by atoms with Crippen LogP contribution in [-0.4, -0.2) is 28.0 Å². The summed E-state index contributed by atoms with van der Waals surface area (Å²) in [6, 6.07) is 2.07. The smallest absolute Gasteiger partial charge is 0.132 e. The summed E-state index contributed by atoms with van der Waals surface area (Å²) in [4.78, 5) is 11.5. The van der Waals surface area contributed by atoms with Crippen molar-refractivity contribution in [3.63, 3.8) is 0 Å². The number of hydrogen-bond donors (Lipinski definition) is 1. The molecule has 0 unspecified atom stereocenters. The molecule has 0 fully saturated rings. The van der Waals surface area contributed by atoms with E-state index >= 15 is 0 Å². The number of nitrogens with zero attached hydrogens (tertiary/aromatic N) is 3. The first-order valence-electron chi connectivity index (χ1n) is 6.87. The Morgan fingerprint density at radius 3 is 2.74 bits per heavy atom. The molecule has 0 bridgehead atoms. The second-order valence-electron chi connectivity index (χ2n) is 5.17. The minimum atomic E-state index is 0.552. The van der Waals surface area contributed by atoms with Crippen LogP contribution in [0.3, 0.4) is 0 Å². The van der Waals surface area contributed by atoms with Gasteiger partial charge < -0.3 is 10.6 Å². The van der Waals surface area contributed by atoms with E-state index in [1.807, 2.05) is 0 Å². The molecule has 2 N–H and O–H groups in total. The topological polar surface area (TPSA) is 55.0 Å². The average Bonchev–Trinajstić information content (AvgIpc) is 2.34. The van der Waals surface area contributed by atoms with Gasteiger partial charge in [-0.2, -0.15) is 0 Å². The lowest BCUT2D eigenvalue weighted by Gasteiger charge is -2.25. The third kappa shape index (κ3) is 5.96. The molecule has 19 heavy (non-hydrogen) atoms. The first kappa shape index (κ1) is 15.8. The van der Waals surface area contributed by atoms with Gasteiger partial charge in [0.25, 0.3) is 0 Å². The quantitative estimate of drug-likeness (QED) is 0.742. The Balaban J connectivity index is 2.82. The van der Waals surface area contributed by atoms with Gasteiger partial charge in [0.2, 0.25) is 0 Å². The van der Waals surface area contributed by atoms with Crippen molar-refractivity contribution >= 4 is 23.0 Å². The Morgan fingerprint density at radius 1 is 1.42 bits per heavy atom. The van der Waals surface area contributed by atoms with Crippen molar-refractivity contribution in [3.05, 3.63) is 18.1 Å². The lowest BCUT2D eigenvalue weighted by molar-refractivity contribution is 0.608. The molecule has 1 aromatic rings. The summed E-state index contributed by atoms with van der Waals surface area (Å²) in [6.45, 7) is 8.31. The molecule has 0 saturated carbocycles. The third-order valence-corrected chi connectivity index (χ3v) is 2.96. The zero-order valence-corrected chi connectivity index (χ0v) is 12.9. The van der Waals surface area contributed by atoms with Crippen LogP contribution >= 0.6 is 12.2 Å². The van der Waals surface area contributed by atoms with Crippen LogP contribution in [0.15, 0.2) is 12.4 Å². The van der Waals surface area contributed by atoms with E-state index in [4.69, 9.17) is 18.0 Å². The zero-order valence-electron chi connectivity index (χ0n) is 12.1. The van der Waals surface area contributed by atoms with E-state index in [0.29, 0.717) is 10.9 Å². The number of aryl methyl sites for hydroxylation is 1. The first-order chi connectivity index (χ1) is 9.02. The normalized spacial score (nSPS) is 10.7. The van der Waals surface area contributed by atoms with E-state index in [1.165, 1.54) is 0 Å². The maximum absolute atomic E-state index is 5.60. The predicted octanol–water partition coefficient (Wildman–Crippen LogP) is 2.57. The second-order valence-corrected chi connectivity index (χ2v) is 5.70. The van der Waals surface area contributed by atoms with Gasteiger partial charge in [0.05, 0.1) is 4.99 Å². The van der Waals surface area contributed by atoms with Crippen LogP contribution in [0, 0.1) is 5.92 Å². The van der Waals surface area contributed by atoms with Gasteiger partial charge in [-0.25, -0.2) is 9.97 Å². The highest BCUT2D eigenvalue weighted by Gasteiger charge is 2.11. The number of anilines is 1. The summed E-state index contributed by atoms with van der Waals surface area (Å²) >= 11 is 4.96. The van der Waals surface area contributed by atoms with Crippen molar-refractivity contribution in [2.24, 2.45) is 11.7 Å². The number of aromatic nitrogens is 2. The summed E-state index contributed by atoms with van der Waals surface area (Å²) in [7, 11) is 0. The van der Waals surface area contributed by atoms with E-state index in [1.54, 1.807) is 6.33 Å². The molecule has 1 heterocycles. The minimum Gasteiger partial charge on any atom is -0.393 e. The van der Waals surface area contributed by atoms with Gasteiger partial charge >= 0.3 is 0 Å². The third-order valence-electron chi connectivity index (χ3n) is 2.75. The molecule has 0 saturated heterocycles. The molecule has 0 aliphatic heterocycles. The number of hydrogen-bond acceptors (Lipinski definition) is 4. The maximum Gasteiger partial charge on any atom is 0.132 e. The van der Waals surface area contributed by atoms with E-state index in [0.717, 1.165) is 43.9 Å². The van der Waals surface area contributed by atoms with Gasteiger partial charge in [0.15, 0.2) is 0 Å². The highest BCUT2D eigenvalue weighted by molar-refractivity contribution is 7.80. The van der Waals surface area contributed by atoms with E-state index in [9.17, 15) is 0 Å². The fourth-order valence-corrected chi connectivity index (χ4v) is 2.03. The zero-order chi connectivity index (χ0) is 14.3. The fourth-order valence-electron chi connectivity index (χ4n) is 1.94. The fraction of sp³-hybridized carbons (Fsp3) is 0.643. The average molecular weight is 280 g/mol. The van der Waals surface area contributed by atoms with E-state index in [2.05, 4.69) is 41.7 Å². The Morgan fingerprint density at radius 2 is 2.16 bits per heavy atom. The monoisotopic (exact) mass is 280 g/mol. The van der Waals surface area contributed by atoms with Gasteiger partial charge in [-0.05, 0) is 12.3 Å². The van der Waals surface area contributed by atoms with Crippen LogP contribution in [0.25, 0.3) is 0 Å². The standard InChI is InChI=1S/C14H24N4S/c1-4-5-12-8-14(17-10-16-12)18(9-11(2)3)7-6-13(15)19/h8,10-11H,4-7,9H2,1-3H3,(H2,15,19). The summed E-state index contributed by atoms with van der Waals surface area (Å²) < 4.78 is 0. The highest BCUT2D eigenvalue weighted by Crippen LogP contribution is 2.14. The van der Waals surface area contributed by atoms with Gasteiger partial charge in [-0.15, -0.1) is 0 Å². The van der Waals surface area contributed by atoms with Crippen LogP contribution in [0.5, 0.6) is 0 Å². The van der Waals surface area contributed by atoms with Crippen molar-refractivity contribution in [2.75, 3.05) is 18.0 Å². The summed E-state index contributed by atoms with van der Waals surface area (Å²) in [6.07, 6.45) is 4.44. The van der Waals surface area contributed by atoms with Crippen LogP contribution in [0.2, 0.25) is 0 Å². The van der Waals surface area contributed by atoms with Crippen molar-refractivity contribution in [1.82, 2.24) is 9.97 Å². The van der Waals surface area contributed by atoms with Crippen LogP contribution in [0.4, 0.5) is 5.82 Å². The number of rotatable bonds is 8. The Labute approximate surface area is 121 Å². The van der Waals surface area contributed by atoms with Crippen molar-refractivity contribution in [1.29, 1.82) is 0 Å². The molecule has 0 radical (unpaired) electrons. The molecule has 0 amide bonds. The summed E-state index contributed by atoms with van der Waals surface area (Å²) in [5.41, 5.74) is 6.69. The minimum absolute atomic E-state index is 0.552. The van der Waals surface area contributed by atoms with Crippen molar-refractivity contribution < 1.29 is 0 Å². The lowest BCUT2D eigenvalue weighted by Crippen LogP contribution is -2.31. The van der Waals surface area contributed by atoms with Crippen LogP contribution in [-0.2, 0) is 6.42 Å². The highest BCUT2D eigenvalue weighted by atomic mass is 32.1. The Hall–Kier alpha value is -1.23. The van der Waals surface area contributed by atoms with Crippen LogP contribution in [0.1, 0.15) is 39.3 Å². The molecule has 0 spiro atoms. The SMILES string of the molecule is CCCc1cc(N(CCC(N)=S)CC(C)C)ncn1. The largest absolute Gasteiger partial charge is 0.393 e. The Bertz CT molecular complexity index is 406. The molecule has 0 aliphatic carbocycles. The van der Waals surface area contributed by atoms with Gasteiger partial charge in [0, 0.05) is 31.3 Å². The van der Waals surface area contributed by atoms with Gasteiger partial charge in [-0.1, -0.05) is 39.4 Å². The van der Waals surface area contributed by atoms with Crippen LogP contribution < -0.4 is 10.6 Å². The van der Waals surface area contributed by atoms with E-state index < -0.39 is 0 Å². The molecule has 5 heteroatoms. The molecule has 0 aromatic carbocycles. The molecular formula is C14H24N4S. The van der Waals surface area contributed by atoms with Crippen molar-refractivity contribution in [3.8, 4) is 0 Å². The second kappa shape index (κ2) is 8.04. The molecule has 0 aliphatic rings. The Kier molecular flexibility index (Phi) is 6.70. The van der Waals surface area contributed by atoms with Gasteiger partial charge in [-0.3, -0.25) is 0 Å². The molecule has 1 aromatic heterocycles. The molecule has 0 atom stereocenters. The molecule has 4 nitrogen and oxygen atoms in total. The molecule has 106 valence electrons. The lowest BCUT2D eigenvalue weighted by atomic mass is 10.2. The molecule has 1 rings (SSSR count). The summed E-state index contributed by atoms with van der Waals surface area (Å²) in [5.74, 6) is 1.54. The summed E-state index contributed by atoms with van der Waals surface area (Å²) in [5, 5.41) is 0. The van der Waals surface area contributed by atoms with Crippen molar-refractivity contribution in [2.45, 2.75) is 40.0 Å². The predicted molar refractivity (Wildman–Crippen MR) is 84.5 cm³/mol. The number of thiocarbonyl (C=S) groups is 1. The number of nitrogens with two attached hydrogens (primary N) is 1. The first-order valence-corrected chi connectivity index (χ1v) is 7.28. The molecular weight excluding hydrogens is 256 g/mol.